The van der Waals surface area contributed by atoms with Gasteiger partial charge in [0.1, 0.15) is 0 Å². The summed E-state index contributed by atoms with van der Waals surface area (Å²) in [4.78, 5) is 0. The van der Waals surface area contributed by atoms with Gasteiger partial charge in [0, 0.05) is 24.7 Å². The molecule has 0 aliphatic rings. The molecular weight excluding hydrogens is 222 g/mol. The fraction of sp³-hybridized carbons (Fsp3) is 0.800. The maximum absolute atomic E-state index is 4.64. The van der Waals surface area contributed by atoms with E-state index in [2.05, 4.69) is 64.2 Å². The minimum atomic E-state index is 0.355. The standard InChI is InChI=1S/C15H29N3/c1-7-16-14(11-15(4,5)6)10-13-8-9-18(17-13)12(2)3/h8-9,12,14,16H,7,10-11H2,1-6H3. The molecule has 1 N–H and O–H groups in total. The van der Waals surface area contributed by atoms with E-state index in [1.165, 1.54) is 12.1 Å². The first kappa shape index (κ1) is 15.2. The highest BCUT2D eigenvalue weighted by Crippen LogP contribution is 2.22. The molecule has 0 aliphatic heterocycles. The van der Waals surface area contributed by atoms with Crippen LogP contribution in [-0.4, -0.2) is 22.4 Å². The molecule has 1 aromatic heterocycles. The maximum atomic E-state index is 4.64. The summed E-state index contributed by atoms with van der Waals surface area (Å²) in [7, 11) is 0. The molecule has 1 heterocycles. The van der Waals surface area contributed by atoms with Gasteiger partial charge in [0.15, 0.2) is 0 Å². The third-order valence-corrected chi connectivity index (χ3v) is 3.00. The molecule has 18 heavy (non-hydrogen) atoms. The molecule has 0 fully saturated rings. The smallest absolute Gasteiger partial charge is 0.0640 e. The van der Waals surface area contributed by atoms with Crippen LogP contribution in [0.25, 0.3) is 0 Å². The summed E-state index contributed by atoms with van der Waals surface area (Å²) >= 11 is 0. The van der Waals surface area contributed by atoms with Crippen LogP contribution in [0.1, 0.15) is 59.7 Å². The summed E-state index contributed by atoms with van der Waals surface area (Å²) in [6.07, 6.45) is 4.28. The van der Waals surface area contributed by atoms with E-state index < -0.39 is 0 Å². The average molecular weight is 251 g/mol. The number of rotatable bonds is 6. The first-order valence-electron chi connectivity index (χ1n) is 7.09. The molecule has 0 aromatic carbocycles. The zero-order valence-corrected chi connectivity index (χ0v) is 12.8. The van der Waals surface area contributed by atoms with E-state index in [1.807, 2.05) is 4.68 Å². The molecule has 1 aromatic rings. The third-order valence-electron chi connectivity index (χ3n) is 3.00. The van der Waals surface area contributed by atoms with Crippen LogP contribution in [0.3, 0.4) is 0 Å². The van der Waals surface area contributed by atoms with Gasteiger partial charge in [0.05, 0.1) is 5.69 Å². The quantitative estimate of drug-likeness (QED) is 0.839. The summed E-state index contributed by atoms with van der Waals surface area (Å²) in [5.74, 6) is 0. The predicted octanol–water partition coefficient (Wildman–Crippen LogP) is 3.42. The Labute approximate surface area is 112 Å². The number of nitrogens with one attached hydrogen (secondary N) is 1. The Bertz CT molecular complexity index is 347. The van der Waals surface area contributed by atoms with E-state index in [0.29, 0.717) is 17.5 Å². The van der Waals surface area contributed by atoms with Crippen LogP contribution < -0.4 is 5.32 Å². The minimum Gasteiger partial charge on any atom is -0.314 e. The predicted molar refractivity (Wildman–Crippen MR) is 77.9 cm³/mol. The van der Waals surface area contributed by atoms with E-state index in [-0.39, 0.29) is 0 Å². The second kappa shape index (κ2) is 6.37. The topological polar surface area (TPSA) is 29.9 Å². The average Bonchev–Trinajstić information content (AvgIpc) is 2.64. The highest BCUT2D eigenvalue weighted by atomic mass is 15.3. The molecule has 3 nitrogen and oxygen atoms in total. The maximum Gasteiger partial charge on any atom is 0.0640 e. The number of hydrogen-bond donors (Lipinski definition) is 1. The molecule has 0 saturated heterocycles. The molecule has 0 saturated carbocycles. The van der Waals surface area contributed by atoms with Crippen molar-refractivity contribution in [2.75, 3.05) is 6.54 Å². The van der Waals surface area contributed by atoms with Crippen molar-refractivity contribution in [1.82, 2.24) is 15.1 Å². The van der Waals surface area contributed by atoms with Gasteiger partial charge >= 0.3 is 0 Å². The zero-order valence-electron chi connectivity index (χ0n) is 12.8. The van der Waals surface area contributed by atoms with Crippen molar-refractivity contribution in [2.24, 2.45) is 5.41 Å². The molecular formula is C15H29N3. The Kier molecular flexibility index (Phi) is 5.39. The van der Waals surface area contributed by atoms with Crippen molar-refractivity contribution >= 4 is 0 Å². The Morgan fingerprint density at radius 2 is 2.00 bits per heavy atom. The van der Waals surface area contributed by atoms with Crippen LogP contribution in [0.5, 0.6) is 0 Å². The molecule has 3 heteroatoms. The molecule has 104 valence electrons. The largest absolute Gasteiger partial charge is 0.314 e. The molecule has 0 bridgehead atoms. The van der Waals surface area contributed by atoms with Crippen LogP contribution in [0.2, 0.25) is 0 Å². The Morgan fingerprint density at radius 3 is 2.44 bits per heavy atom. The number of likely N-dealkylation sites (N-methyl/N-ethyl adjacent to an activating group) is 1. The van der Waals surface area contributed by atoms with Gasteiger partial charge in [0.2, 0.25) is 0 Å². The lowest BCUT2D eigenvalue weighted by molar-refractivity contribution is 0.307. The minimum absolute atomic E-state index is 0.355. The van der Waals surface area contributed by atoms with E-state index in [4.69, 9.17) is 0 Å². The summed E-state index contributed by atoms with van der Waals surface area (Å²) in [6.45, 7) is 14.4. The van der Waals surface area contributed by atoms with Crippen LogP contribution in [0.15, 0.2) is 12.3 Å². The van der Waals surface area contributed by atoms with E-state index in [9.17, 15) is 0 Å². The van der Waals surface area contributed by atoms with Gasteiger partial charge in [-0.2, -0.15) is 5.10 Å². The Hall–Kier alpha value is -0.830. The molecule has 1 rings (SSSR count). The zero-order chi connectivity index (χ0) is 13.8. The molecule has 0 amide bonds. The molecule has 0 radical (unpaired) electrons. The monoisotopic (exact) mass is 251 g/mol. The van der Waals surface area contributed by atoms with Gasteiger partial charge in [-0.1, -0.05) is 27.7 Å². The van der Waals surface area contributed by atoms with Crippen LogP contribution in [0, 0.1) is 5.41 Å². The Balaban J connectivity index is 2.64. The molecule has 1 atom stereocenters. The normalized spacial score (nSPS) is 14.2. The lowest BCUT2D eigenvalue weighted by atomic mass is 9.86. The molecule has 0 aliphatic carbocycles. The van der Waals surface area contributed by atoms with Crippen LogP contribution in [0.4, 0.5) is 0 Å². The van der Waals surface area contributed by atoms with Crippen molar-refractivity contribution in [3.8, 4) is 0 Å². The van der Waals surface area contributed by atoms with E-state index in [1.54, 1.807) is 0 Å². The van der Waals surface area contributed by atoms with E-state index >= 15 is 0 Å². The second-order valence-electron chi connectivity index (χ2n) is 6.60. The second-order valence-corrected chi connectivity index (χ2v) is 6.60. The van der Waals surface area contributed by atoms with Crippen molar-refractivity contribution in [1.29, 1.82) is 0 Å². The van der Waals surface area contributed by atoms with Crippen LogP contribution in [-0.2, 0) is 6.42 Å². The van der Waals surface area contributed by atoms with Crippen molar-refractivity contribution in [3.05, 3.63) is 18.0 Å². The number of nitrogens with zero attached hydrogens (tertiary/aromatic N) is 2. The van der Waals surface area contributed by atoms with Crippen LogP contribution >= 0.6 is 0 Å². The van der Waals surface area contributed by atoms with Gasteiger partial charge in [-0.3, -0.25) is 4.68 Å². The summed E-state index contributed by atoms with van der Waals surface area (Å²) in [5, 5.41) is 8.22. The van der Waals surface area contributed by atoms with Gasteiger partial charge in [-0.25, -0.2) is 0 Å². The van der Waals surface area contributed by atoms with Gasteiger partial charge in [-0.15, -0.1) is 0 Å². The van der Waals surface area contributed by atoms with Crippen molar-refractivity contribution in [2.45, 2.75) is 66.5 Å². The SMILES string of the molecule is CCNC(Cc1ccn(C(C)C)n1)CC(C)(C)C. The van der Waals surface area contributed by atoms with Crippen molar-refractivity contribution in [3.63, 3.8) is 0 Å². The fourth-order valence-electron chi connectivity index (χ4n) is 2.27. The van der Waals surface area contributed by atoms with Gasteiger partial charge in [0.25, 0.3) is 0 Å². The first-order chi connectivity index (χ1) is 8.31. The Morgan fingerprint density at radius 1 is 1.33 bits per heavy atom. The molecule has 0 spiro atoms. The first-order valence-corrected chi connectivity index (χ1v) is 7.09. The van der Waals surface area contributed by atoms with Gasteiger partial charge in [-0.05, 0) is 38.3 Å². The summed E-state index contributed by atoms with van der Waals surface area (Å²) < 4.78 is 2.04. The molecule has 1 unspecified atom stereocenters. The van der Waals surface area contributed by atoms with E-state index in [0.717, 1.165) is 13.0 Å². The number of hydrogen-bond acceptors (Lipinski definition) is 2. The lowest BCUT2D eigenvalue weighted by Crippen LogP contribution is -2.34. The highest BCUT2D eigenvalue weighted by Gasteiger charge is 2.19. The van der Waals surface area contributed by atoms with Crippen molar-refractivity contribution < 1.29 is 0 Å². The summed E-state index contributed by atoms with van der Waals surface area (Å²) in [6, 6.07) is 3.11. The van der Waals surface area contributed by atoms with Gasteiger partial charge < -0.3 is 5.32 Å². The highest BCUT2D eigenvalue weighted by molar-refractivity contribution is 5.02. The fourth-order valence-corrected chi connectivity index (χ4v) is 2.27. The third kappa shape index (κ3) is 5.21. The lowest BCUT2D eigenvalue weighted by Gasteiger charge is -2.26. The summed E-state index contributed by atoms with van der Waals surface area (Å²) in [5.41, 5.74) is 1.55. The number of aromatic nitrogens is 2.